The Kier molecular flexibility index (Phi) is 0.717. The summed E-state index contributed by atoms with van der Waals surface area (Å²) >= 11 is 0. The molecule has 0 aliphatic carbocycles. The average molecular weight is 122 g/mol. The lowest BCUT2D eigenvalue weighted by Crippen LogP contribution is -1.83. The molecule has 0 amide bonds. The zero-order chi connectivity index (χ0) is 6.10. The van der Waals surface area contributed by atoms with Crippen LogP contribution in [0.2, 0.25) is 0 Å². The summed E-state index contributed by atoms with van der Waals surface area (Å²) in [6, 6.07) is 0. The molecule has 0 bridgehead atoms. The topological polar surface area (TPSA) is 64.7 Å². The molecule has 0 atom stereocenters. The van der Waals surface area contributed by atoms with Crippen molar-refractivity contribution in [2.24, 2.45) is 0 Å². The van der Waals surface area contributed by atoms with Crippen molar-refractivity contribution in [3.63, 3.8) is 0 Å². The van der Waals surface area contributed by atoms with Crippen LogP contribution in [0.5, 0.6) is 0 Å². The van der Waals surface area contributed by atoms with Crippen LogP contribution in [0.3, 0.4) is 0 Å². The van der Waals surface area contributed by atoms with Crippen LogP contribution in [-0.4, -0.2) is 20.4 Å². The maximum atomic E-state index is 4.79. The second kappa shape index (κ2) is 1.48. The minimum Gasteiger partial charge on any atom is -0.424 e. The summed E-state index contributed by atoms with van der Waals surface area (Å²) in [4.78, 5) is 3.79. The van der Waals surface area contributed by atoms with Gasteiger partial charge in [-0.1, -0.05) is 5.10 Å². The number of rotatable bonds is 0. The SMILES string of the molecule is c1nc2cnnnc2o1. The van der Waals surface area contributed by atoms with Gasteiger partial charge in [0, 0.05) is 0 Å². The van der Waals surface area contributed by atoms with Gasteiger partial charge in [0.15, 0.2) is 11.9 Å². The van der Waals surface area contributed by atoms with Crippen molar-refractivity contribution in [3.8, 4) is 0 Å². The Morgan fingerprint density at radius 3 is 3.33 bits per heavy atom. The molecular weight excluding hydrogens is 120 g/mol. The van der Waals surface area contributed by atoms with Crippen molar-refractivity contribution < 1.29 is 4.42 Å². The minimum atomic E-state index is 0.421. The van der Waals surface area contributed by atoms with Gasteiger partial charge in [-0.25, -0.2) is 4.98 Å². The van der Waals surface area contributed by atoms with Crippen molar-refractivity contribution in [2.75, 3.05) is 0 Å². The number of aromatic nitrogens is 4. The van der Waals surface area contributed by atoms with Gasteiger partial charge in [0.1, 0.15) is 0 Å². The molecule has 0 saturated heterocycles. The zero-order valence-corrected chi connectivity index (χ0v) is 4.35. The highest BCUT2D eigenvalue weighted by molar-refractivity contribution is 5.64. The fourth-order valence-corrected chi connectivity index (χ4v) is 0.559. The number of hydrogen-bond acceptors (Lipinski definition) is 5. The zero-order valence-electron chi connectivity index (χ0n) is 4.35. The molecule has 0 aromatic carbocycles. The first kappa shape index (κ1) is 4.37. The first-order valence-electron chi connectivity index (χ1n) is 2.34. The predicted octanol–water partition coefficient (Wildman–Crippen LogP) is 0.0128. The fourth-order valence-electron chi connectivity index (χ4n) is 0.559. The third-order valence-electron chi connectivity index (χ3n) is 0.942. The molecule has 9 heavy (non-hydrogen) atoms. The molecule has 0 radical (unpaired) electrons. The molecular formula is C4H2N4O. The maximum Gasteiger partial charge on any atom is 0.269 e. The van der Waals surface area contributed by atoms with Gasteiger partial charge in [-0.3, -0.25) is 0 Å². The van der Waals surface area contributed by atoms with E-state index in [1.165, 1.54) is 12.6 Å². The van der Waals surface area contributed by atoms with E-state index in [2.05, 4.69) is 20.4 Å². The first-order chi connectivity index (χ1) is 4.47. The minimum absolute atomic E-state index is 0.421. The molecule has 0 spiro atoms. The molecule has 0 unspecified atom stereocenters. The van der Waals surface area contributed by atoms with Crippen LogP contribution >= 0.6 is 0 Å². The molecule has 2 aromatic rings. The Hall–Kier alpha value is -1.52. The predicted molar refractivity (Wildman–Crippen MR) is 27.4 cm³/mol. The number of hydrogen-bond donors (Lipinski definition) is 0. The van der Waals surface area contributed by atoms with E-state index in [0.29, 0.717) is 11.2 Å². The normalized spacial score (nSPS) is 10.2. The molecule has 0 saturated carbocycles. The molecule has 0 aliphatic heterocycles. The molecule has 44 valence electrons. The van der Waals surface area contributed by atoms with Crippen LogP contribution in [0.4, 0.5) is 0 Å². The van der Waals surface area contributed by atoms with E-state index >= 15 is 0 Å². The molecule has 5 heteroatoms. The molecule has 0 fully saturated rings. The van der Waals surface area contributed by atoms with Crippen LogP contribution in [0.25, 0.3) is 11.2 Å². The van der Waals surface area contributed by atoms with E-state index < -0.39 is 0 Å². The van der Waals surface area contributed by atoms with Gasteiger partial charge in [-0.05, 0) is 5.21 Å². The van der Waals surface area contributed by atoms with Crippen molar-refractivity contribution in [1.29, 1.82) is 0 Å². The summed E-state index contributed by atoms with van der Waals surface area (Å²) in [6.07, 6.45) is 2.80. The second-order valence-electron chi connectivity index (χ2n) is 1.48. The lowest BCUT2D eigenvalue weighted by atomic mass is 10.6. The molecule has 2 rings (SSSR count). The lowest BCUT2D eigenvalue weighted by molar-refractivity contribution is 0.581. The van der Waals surface area contributed by atoms with Crippen molar-refractivity contribution in [2.45, 2.75) is 0 Å². The van der Waals surface area contributed by atoms with Gasteiger partial charge in [0.25, 0.3) is 5.71 Å². The van der Waals surface area contributed by atoms with E-state index in [1.54, 1.807) is 0 Å². The molecule has 5 nitrogen and oxygen atoms in total. The summed E-state index contributed by atoms with van der Waals surface area (Å²) in [5.74, 6) is 0. The lowest BCUT2D eigenvalue weighted by Gasteiger charge is -1.76. The van der Waals surface area contributed by atoms with Crippen molar-refractivity contribution in [3.05, 3.63) is 12.6 Å². The van der Waals surface area contributed by atoms with Gasteiger partial charge in [0.2, 0.25) is 0 Å². The van der Waals surface area contributed by atoms with E-state index in [9.17, 15) is 0 Å². The van der Waals surface area contributed by atoms with Gasteiger partial charge >= 0.3 is 0 Å². The van der Waals surface area contributed by atoms with Crippen LogP contribution in [-0.2, 0) is 0 Å². The average Bonchev–Trinajstić information content (AvgIpc) is 2.33. The van der Waals surface area contributed by atoms with Gasteiger partial charge < -0.3 is 4.42 Å². The largest absolute Gasteiger partial charge is 0.424 e. The quantitative estimate of drug-likeness (QED) is 0.492. The smallest absolute Gasteiger partial charge is 0.269 e. The number of oxazole rings is 1. The summed E-state index contributed by atoms with van der Waals surface area (Å²) in [7, 11) is 0. The molecule has 2 aromatic heterocycles. The maximum absolute atomic E-state index is 4.79. The van der Waals surface area contributed by atoms with E-state index in [1.807, 2.05) is 0 Å². The fraction of sp³-hybridized carbons (Fsp3) is 0. The van der Waals surface area contributed by atoms with Gasteiger partial charge in [0.05, 0.1) is 6.20 Å². The third-order valence-corrected chi connectivity index (χ3v) is 0.942. The highest BCUT2D eigenvalue weighted by Crippen LogP contribution is 2.02. The highest BCUT2D eigenvalue weighted by atomic mass is 16.3. The Balaban J connectivity index is 2.95. The van der Waals surface area contributed by atoms with Crippen LogP contribution in [0, 0.1) is 0 Å². The van der Waals surface area contributed by atoms with Crippen molar-refractivity contribution >= 4 is 11.2 Å². The third kappa shape index (κ3) is 0.543. The van der Waals surface area contributed by atoms with E-state index in [4.69, 9.17) is 4.42 Å². The molecule has 2 heterocycles. The standard InChI is InChI=1S/C4H2N4O/c1-3-4(7-8-6-1)9-2-5-3/h1-2H. The summed E-state index contributed by atoms with van der Waals surface area (Å²) < 4.78 is 4.79. The van der Waals surface area contributed by atoms with E-state index in [-0.39, 0.29) is 0 Å². The monoisotopic (exact) mass is 122 g/mol. The van der Waals surface area contributed by atoms with Crippen LogP contribution in [0.15, 0.2) is 17.0 Å². The molecule has 0 N–H and O–H groups in total. The van der Waals surface area contributed by atoms with Crippen molar-refractivity contribution in [1.82, 2.24) is 20.4 Å². The Morgan fingerprint density at radius 2 is 2.44 bits per heavy atom. The highest BCUT2D eigenvalue weighted by Gasteiger charge is 1.95. The van der Waals surface area contributed by atoms with E-state index in [0.717, 1.165) is 0 Å². The van der Waals surface area contributed by atoms with Gasteiger partial charge in [-0.15, -0.1) is 5.10 Å². The Labute approximate surface area is 49.7 Å². The molecule has 0 aliphatic rings. The summed E-state index contributed by atoms with van der Waals surface area (Å²) in [6.45, 7) is 0. The first-order valence-corrected chi connectivity index (χ1v) is 2.34. The summed E-state index contributed by atoms with van der Waals surface area (Å²) in [5.41, 5.74) is 1.05. The number of fused-ring (bicyclic) bond motifs is 1. The Bertz CT molecular complexity index is 287. The van der Waals surface area contributed by atoms with Crippen LogP contribution < -0.4 is 0 Å². The Morgan fingerprint density at radius 1 is 1.44 bits per heavy atom. The van der Waals surface area contributed by atoms with Gasteiger partial charge in [-0.2, -0.15) is 0 Å². The summed E-state index contributed by atoms with van der Waals surface area (Å²) in [5, 5.41) is 10.4. The second-order valence-corrected chi connectivity index (χ2v) is 1.48. The van der Waals surface area contributed by atoms with Crippen LogP contribution in [0.1, 0.15) is 0 Å². The number of nitrogens with zero attached hydrogens (tertiary/aromatic N) is 4.